The molecule has 0 aromatic carbocycles. The highest BCUT2D eigenvalue weighted by Gasteiger charge is 2.16. The van der Waals surface area contributed by atoms with Crippen molar-refractivity contribution < 1.29 is 9.84 Å². The van der Waals surface area contributed by atoms with E-state index in [9.17, 15) is 5.11 Å². The highest BCUT2D eigenvalue weighted by molar-refractivity contribution is 9.10. The van der Waals surface area contributed by atoms with E-state index >= 15 is 0 Å². The molecule has 4 nitrogen and oxygen atoms in total. The number of aryl methyl sites for hydroxylation is 1. The lowest BCUT2D eigenvalue weighted by Crippen LogP contribution is -2.11. The van der Waals surface area contributed by atoms with Crippen LogP contribution in [0.1, 0.15) is 38.5 Å². The van der Waals surface area contributed by atoms with Crippen molar-refractivity contribution in [2.45, 2.75) is 39.3 Å². The molecule has 92 valence electrons. The maximum Gasteiger partial charge on any atom is 0.0990 e. The van der Waals surface area contributed by atoms with Crippen molar-refractivity contribution in [2.75, 3.05) is 13.2 Å². The molecule has 1 N–H and O–H groups in total. The minimum absolute atomic E-state index is 0.520. The number of halogens is 1. The zero-order valence-corrected chi connectivity index (χ0v) is 11.4. The lowest BCUT2D eigenvalue weighted by molar-refractivity contribution is 0.0779. The molecule has 0 aliphatic carbocycles. The zero-order valence-electron chi connectivity index (χ0n) is 9.82. The Kier molecular flexibility index (Phi) is 6.01. The van der Waals surface area contributed by atoms with Crippen LogP contribution in [-0.4, -0.2) is 28.1 Å². The number of aliphatic hydroxyl groups excluding tert-OH is 1. The third-order valence-electron chi connectivity index (χ3n) is 2.33. The summed E-state index contributed by atoms with van der Waals surface area (Å²) < 4.78 is 8.02. The molecule has 16 heavy (non-hydrogen) atoms. The molecule has 5 heteroatoms. The van der Waals surface area contributed by atoms with Gasteiger partial charge in [-0.3, -0.25) is 4.68 Å². The summed E-state index contributed by atoms with van der Waals surface area (Å²) in [6.45, 7) is 6.16. The third-order valence-corrected chi connectivity index (χ3v) is 2.94. The summed E-state index contributed by atoms with van der Waals surface area (Å²) in [7, 11) is 0. The Hall–Kier alpha value is -0.390. The molecule has 0 aliphatic heterocycles. The van der Waals surface area contributed by atoms with Crippen LogP contribution in [0.4, 0.5) is 0 Å². The topological polar surface area (TPSA) is 47.3 Å². The van der Waals surface area contributed by atoms with E-state index in [1.165, 1.54) is 0 Å². The van der Waals surface area contributed by atoms with Gasteiger partial charge in [-0.15, -0.1) is 0 Å². The third kappa shape index (κ3) is 3.57. The van der Waals surface area contributed by atoms with Crippen molar-refractivity contribution in [3.8, 4) is 0 Å². The Morgan fingerprint density at radius 1 is 1.50 bits per heavy atom. The standard InChI is InChI=1S/C11H19BrN2O2/c1-3-6-16-7-5-10(15)11-9(12)8-13-14(11)4-2/h8,10,15H,3-7H2,1-2H3. The summed E-state index contributed by atoms with van der Waals surface area (Å²) in [5.41, 5.74) is 0.836. The van der Waals surface area contributed by atoms with Gasteiger partial charge in [-0.1, -0.05) is 6.92 Å². The van der Waals surface area contributed by atoms with E-state index in [0.717, 1.165) is 29.7 Å². The minimum Gasteiger partial charge on any atom is -0.387 e. The van der Waals surface area contributed by atoms with Gasteiger partial charge in [-0.05, 0) is 29.3 Å². The molecule has 0 fully saturated rings. The smallest absolute Gasteiger partial charge is 0.0990 e. The number of hydrogen-bond acceptors (Lipinski definition) is 3. The number of hydrogen-bond donors (Lipinski definition) is 1. The van der Waals surface area contributed by atoms with E-state index in [1.54, 1.807) is 10.9 Å². The Labute approximate surface area is 105 Å². The molecule has 0 bridgehead atoms. The van der Waals surface area contributed by atoms with Gasteiger partial charge in [0, 0.05) is 26.2 Å². The lowest BCUT2D eigenvalue weighted by Gasteiger charge is -2.13. The Morgan fingerprint density at radius 2 is 2.25 bits per heavy atom. The van der Waals surface area contributed by atoms with Crippen molar-refractivity contribution in [3.05, 3.63) is 16.4 Å². The molecule has 0 saturated heterocycles. The van der Waals surface area contributed by atoms with Crippen LogP contribution in [0.2, 0.25) is 0 Å². The fourth-order valence-corrected chi connectivity index (χ4v) is 2.09. The molecular weight excluding hydrogens is 272 g/mol. The molecule has 1 unspecified atom stereocenters. The van der Waals surface area contributed by atoms with E-state index in [-0.39, 0.29) is 0 Å². The Bertz CT molecular complexity index is 315. The fraction of sp³-hybridized carbons (Fsp3) is 0.727. The van der Waals surface area contributed by atoms with Gasteiger partial charge in [0.1, 0.15) is 0 Å². The van der Waals surface area contributed by atoms with E-state index in [1.807, 2.05) is 6.92 Å². The Morgan fingerprint density at radius 3 is 2.88 bits per heavy atom. The summed E-state index contributed by atoms with van der Waals surface area (Å²) in [4.78, 5) is 0. The van der Waals surface area contributed by atoms with Gasteiger partial charge in [0.2, 0.25) is 0 Å². The summed E-state index contributed by atoms with van der Waals surface area (Å²) in [5, 5.41) is 14.2. The fourth-order valence-electron chi connectivity index (χ4n) is 1.53. The average molecular weight is 291 g/mol. The first kappa shape index (κ1) is 13.7. The van der Waals surface area contributed by atoms with Gasteiger partial charge in [-0.25, -0.2) is 0 Å². The summed E-state index contributed by atoms with van der Waals surface area (Å²) in [5.74, 6) is 0. The van der Waals surface area contributed by atoms with Crippen LogP contribution in [-0.2, 0) is 11.3 Å². The van der Waals surface area contributed by atoms with E-state index in [4.69, 9.17) is 4.74 Å². The number of aromatic nitrogens is 2. The molecule has 1 aromatic heterocycles. The largest absolute Gasteiger partial charge is 0.387 e. The number of rotatable bonds is 7. The van der Waals surface area contributed by atoms with Gasteiger partial charge in [0.25, 0.3) is 0 Å². The first-order chi connectivity index (χ1) is 7.70. The van der Waals surface area contributed by atoms with Crippen LogP contribution in [0.15, 0.2) is 10.7 Å². The second-order valence-electron chi connectivity index (χ2n) is 3.61. The van der Waals surface area contributed by atoms with E-state index in [0.29, 0.717) is 13.0 Å². The van der Waals surface area contributed by atoms with Gasteiger partial charge in [0.05, 0.1) is 22.5 Å². The van der Waals surface area contributed by atoms with Crippen LogP contribution >= 0.6 is 15.9 Å². The van der Waals surface area contributed by atoms with Crippen molar-refractivity contribution in [2.24, 2.45) is 0 Å². The first-order valence-electron chi connectivity index (χ1n) is 5.67. The minimum atomic E-state index is -0.520. The summed E-state index contributed by atoms with van der Waals surface area (Å²) in [6.07, 6.45) is 2.81. The average Bonchev–Trinajstić information content (AvgIpc) is 2.65. The molecule has 0 spiro atoms. The number of nitrogens with zero attached hydrogens (tertiary/aromatic N) is 2. The highest BCUT2D eigenvalue weighted by atomic mass is 79.9. The van der Waals surface area contributed by atoms with Gasteiger partial charge in [0.15, 0.2) is 0 Å². The zero-order chi connectivity index (χ0) is 12.0. The van der Waals surface area contributed by atoms with Crippen molar-refractivity contribution in [1.29, 1.82) is 0 Å². The molecule has 0 amide bonds. The second kappa shape index (κ2) is 7.04. The van der Waals surface area contributed by atoms with Gasteiger partial charge < -0.3 is 9.84 Å². The van der Waals surface area contributed by atoms with Crippen molar-refractivity contribution in [3.63, 3.8) is 0 Å². The maximum absolute atomic E-state index is 10.0. The monoisotopic (exact) mass is 290 g/mol. The first-order valence-corrected chi connectivity index (χ1v) is 6.47. The van der Waals surface area contributed by atoms with Crippen LogP contribution in [0.3, 0.4) is 0 Å². The summed E-state index contributed by atoms with van der Waals surface area (Å²) >= 11 is 3.40. The van der Waals surface area contributed by atoms with Gasteiger partial charge in [-0.2, -0.15) is 5.10 Å². The predicted octanol–water partition coefficient (Wildman–Crippen LogP) is 2.52. The Balaban J connectivity index is 2.51. The van der Waals surface area contributed by atoms with Crippen LogP contribution in [0.5, 0.6) is 0 Å². The lowest BCUT2D eigenvalue weighted by atomic mass is 10.2. The number of ether oxygens (including phenoxy) is 1. The SMILES string of the molecule is CCCOCCC(O)c1c(Br)cnn1CC. The van der Waals surface area contributed by atoms with Crippen molar-refractivity contribution >= 4 is 15.9 Å². The van der Waals surface area contributed by atoms with Crippen LogP contribution < -0.4 is 0 Å². The predicted molar refractivity (Wildman–Crippen MR) is 66.3 cm³/mol. The van der Waals surface area contributed by atoms with Crippen LogP contribution in [0.25, 0.3) is 0 Å². The molecular formula is C11H19BrN2O2. The normalized spacial score (nSPS) is 13.0. The maximum atomic E-state index is 10.0. The molecule has 0 aliphatic rings. The number of aliphatic hydroxyl groups is 1. The molecule has 1 rings (SSSR count). The van der Waals surface area contributed by atoms with E-state index in [2.05, 4.69) is 28.0 Å². The quantitative estimate of drug-likeness (QED) is 0.785. The van der Waals surface area contributed by atoms with Crippen LogP contribution in [0, 0.1) is 0 Å². The molecule has 1 aromatic rings. The van der Waals surface area contributed by atoms with E-state index < -0.39 is 6.10 Å². The molecule has 1 atom stereocenters. The summed E-state index contributed by atoms with van der Waals surface area (Å²) in [6, 6.07) is 0. The second-order valence-corrected chi connectivity index (χ2v) is 4.46. The van der Waals surface area contributed by atoms with Gasteiger partial charge >= 0.3 is 0 Å². The molecule has 0 saturated carbocycles. The van der Waals surface area contributed by atoms with Crippen molar-refractivity contribution in [1.82, 2.24) is 9.78 Å². The molecule has 0 radical (unpaired) electrons. The molecule has 1 heterocycles. The highest BCUT2D eigenvalue weighted by Crippen LogP contribution is 2.25.